The van der Waals surface area contributed by atoms with E-state index in [9.17, 15) is 4.79 Å². The van der Waals surface area contributed by atoms with Crippen molar-refractivity contribution < 1.29 is 14.3 Å². The fourth-order valence-electron chi connectivity index (χ4n) is 1.71. The minimum atomic E-state index is -0.587. The van der Waals surface area contributed by atoms with Crippen molar-refractivity contribution in [1.29, 1.82) is 5.26 Å². The first-order valence-corrected chi connectivity index (χ1v) is 4.62. The molecule has 1 aliphatic heterocycles. The van der Waals surface area contributed by atoms with Gasteiger partial charge in [0.05, 0.1) is 7.11 Å². The zero-order valence-corrected chi connectivity index (χ0v) is 9.11. The Morgan fingerprint density at radius 1 is 1.60 bits per heavy atom. The molecule has 1 atom stereocenters. The third-order valence-electron chi connectivity index (χ3n) is 2.55. The van der Waals surface area contributed by atoms with E-state index < -0.39 is 5.97 Å². The van der Waals surface area contributed by atoms with Crippen LogP contribution in [0.5, 0.6) is 0 Å². The van der Waals surface area contributed by atoms with Crippen molar-refractivity contribution in [3.63, 3.8) is 0 Å². The van der Waals surface area contributed by atoms with Crippen LogP contribution in [-0.2, 0) is 14.3 Å². The Kier molecular flexibility index (Phi) is 3.69. The maximum Gasteiger partial charge on any atom is 0.350 e. The van der Waals surface area contributed by atoms with Gasteiger partial charge in [0.25, 0.3) is 0 Å². The van der Waals surface area contributed by atoms with Crippen LogP contribution in [-0.4, -0.2) is 38.4 Å². The molecule has 0 aromatic carbocycles. The molecule has 0 bridgehead atoms. The molecule has 0 aromatic rings. The SMILES string of the molecule is COC(=O)/C(C#N)=C1/CCC(OC)N1C. The number of rotatable bonds is 2. The summed E-state index contributed by atoms with van der Waals surface area (Å²) in [6.07, 6.45) is 1.38. The molecular weight excluding hydrogens is 196 g/mol. The average Bonchev–Trinajstić information content (AvgIpc) is 2.61. The minimum absolute atomic E-state index is 0.0620. The van der Waals surface area contributed by atoms with Crippen LogP contribution in [0.15, 0.2) is 11.3 Å². The molecular formula is C10H14N2O3. The Bertz CT molecular complexity index is 330. The van der Waals surface area contributed by atoms with Gasteiger partial charge in [-0.15, -0.1) is 0 Å². The summed E-state index contributed by atoms with van der Waals surface area (Å²) in [6, 6.07) is 1.88. The van der Waals surface area contributed by atoms with Crippen molar-refractivity contribution in [2.45, 2.75) is 19.1 Å². The van der Waals surface area contributed by atoms with Crippen LogP contribution in [0.2, 0.25) is 0 Å². The van der Waals surface area contributed by atoms with Gasteiger partial charge in [-0.1, -0.05) is 0 Å². The average molecular weight is 210 g/mol. The number of carbonyl (C=O) groups is 1. The van der Waals surface area contributed by atoms with E-state index in [1.165, 1.54) is 7.11 Å². The summed E-state index contributed by atoms with van der Waals surface area (Å²) < 4.78 is 9.74. The Balaban J connectivity index is 2.99. The van der Waals surface area contributed by atoms with E-state index in [-0.39, 0.29) is 11.8 Å². The molecule has 0 aromatic heterocycles. The topological polar surface area (TPSA) is 62.6 Å². The summed E-state index contributed by atoms with van der Waals surface area (Å²) >= 11 is 0. The van der Waals surface area contributed by atoms with Crippen molar-refractivity contribution in [3.8, 4) is 6.07 Å². The van der Waals surface area contributed by atoms with Gasteiger partial charge in [-0.25, -0.2) is 4.79 Å². The molecule has 0 aliphatic carbocycles. The summed E-state index contributed by atoms with van der Waals surface area (Å²) in [5.41, 5.74) is 0.760. The number of ether oxygens (including phenoxy) is 2. The maximum absolute atomic E-state index is 11.3. The predicted molar refractivity (Wildman–Crippen MR) is 52.4 cm³/mol. The zero-order chi connectivity index (χ0) is 11.4. The van der Waals surface area contributed by atoms with Gasteiger partial charge in [0.1, 0.15) is 12.3 Å². The summed E-state index contributed by atoms with van der Waals surface area (Å²) in [5, 5.41) is 8.89. The van der Waals surface area contributed by atoms with Gasteiger partial charge in [-0.3, -0.25) is 0 Å². The van der Waals surface area contributed by atoms with Gasteiger partial charge in [0.15, 0.2) is 5.57 Å². The molecule has 1 rings (SSSR count). The Morgan fingerprint density at radius 3 is 2.67 bits per heavy atom. The predicted octanol–water partition coefficient (Wildman–Crippen LogP) is 0.635. The maximum atomic E-state index is 11.3. The van der Waals surface area contributed by atoms with E-state index in [0.29, 0.717) is 12.1 Å². The van der Waals surface area contributed by atoms with E-state index in [4.69, 9.17) is 10.00 Å². The van der Waals surface area contributed by atoms with Gasteiger partial charge < -0.3 is 14.4 Å². The Morgan fingerprint density at radius 2 is 2.27 bits per heavy atom. The second-order valence-electron chi connectivity index (χ2n) is 3.27. The number of methoxy groups -OCH3 is 2. The summed E-state index contributed by atoms with van der Waals surface area (Å²) in [4.78, 5) is 13.1. The lowest BCUT2D eigenvalue weighted by Crippen LogP contribution is -2.26. The van der Waals surface area contributed by atoms with Gasteiger partial charge in [0, 0.05) is 19.9 Å². The van der Waals surface area contributed by atoms with Gasteiger partial charge >= 0.3 is 5.97 Å². The van der Waals surface area contributed by atoms with E-state index in [1.54, 1.807) is 19.1 Å². The fraction of sp³-hybridized carbons (Fsp3) is 0.600. The molecule has 5 heteroatoms. The lowest BCUT2D eigenvalue weighted by molar-refractivity contribution is -0.135. The highest BCUT2D eigenvalue weighted by atomic mass is 16.5. The minimum Gasteiger partial charge on any atom is -0.465 e. The number of nitrogens with zero attached hydrogens (tertiary/aromatic N) is 2. The van der Waals surface area contributed by atoms with E-state index >= 15 is 0 Å². The number of esters is 1. The van der Waals surface area contributed by atoms with Gasteiger partial charge in [-0.05, 0) is 12.8 Å². The van der Waals surface area contributed by atoms with Crippen molar-refractivity contribution in [1.82, 2.24) is 4.90 Å². The molecule has 1 fully saturated rings. The first kappa shape index (κ1) is 11.5. The second-order valence-corrected chi connectivity index (χ2v) is 3.27. The second kappa shape index (κ2) is 4.80. The van der Waals surface area contributed by atoms with E-state index in [2.05, 4.69) is 4.74 Å². The van der Waals surface area contributed by atoms with Crippen LogP contribution < -0.4 is 0 Å². The molecule has 0 amide bonds. The van der Waals surface area contributed by atoms with Crippen LogP contribution in [0.3, 0.4) is 0 Å². The van der Waals surface area contributed by atoms with Crippen LogP contribution in [0.25, 0.3) is 0 Å². The van der Waals surface area contributed by atoms with Crippen LogP contribution in [0, 0.1) is 11.3 Å². The third-order valence-corrected chi connectivity index (χ3v) is 2.55. The number of allylic oxidation sites excluding steroid dienone is 1. The third kappa shape index (κ3) is 2.10. The summed E-state index contributed by atoms with van der Waals surface area (Å²) in [6.45, 7) is 0. The summed E-state index contributed by atoms with van der Waals surface area (Å²) in [5.74, 6) is -0.587. The van der Waals surface area contributed by atoms with Crippen LogP contribution in [0.1, 0.15) is 12.8 Å². The molecule has 0 N–H and O–H groups in total. The fourth-order valence-corrected chi connectivity index (χ4v) is 1.71. The quantitative estimate of drug-likeness (QED) is 0.380. The largest absolute Gasteiger partial charge is 0.465 e. The lowest BCUT2D eigenvalue weighted by atomic mass is 10.2. The molecule has 5 nitrogen and oxygen atoms in total. The van der Waals surface area contributed by atoms with Crippen molar-refractivity contribution in [2.75, 3.05) is 21.3 Å². The highest BCUT2D eigenvalue weighted by Crippen LogP contribution is 2.28. The van der Waals surface area contributed by atoms with Crippen LogP contribution >= 0.6 is 0 Å². The number of nitriles is 1. The van der Waals surface area contributed by atoms with Crippen molar-refractivity contribution in [2.24, 2.45) is 0 Å². The monoisotopic (exact) mass is 210 g/mol. The van der Waals surface area contributed by atoms with Crippen molar-refractivity contribution in [3.05, 3.63) is 11.3 Å². The molecule has 1 heterocycles. The molecule has 1 saturated heterocycles. The number of hydrogen-bond acceptors (Lipinski definition) is 5. The standard InChI is InChI=1S/C10H14N2O3/c1-12-8(4-5-9(12)14-2)7(6-11)10(13)15-3/h9H,4-5H2,1-3H3/b8-7-. The highest BCUT2D eigenvalue weighted by Gasteiger charge is 2.29. The van der Waals surface area contributed by atoms with Crippen molar-refractivity contribution >= 4 is 5.97 Å². The Hall–Kier alpha value is -1.54. The molecule has 0 saturated carbocycles. The molecule has 0 spiro atoms. The van der Waals surface area contributed by atoms with E-state index in [0.717, 1.165) is 6.42 Å². The first-order valence-electron chi connectivity index (χ1n) is 4.62. The lowest BCUT2D eigenvalue weighted by Gasteiger charge is -2.21. The van der Waals surface area contributed by atoms with Crippen LogP contribution in [0.4, 0.5) is 0 Å². The van der Waals surface area contributed by atoms with Gasteiger partial charge in [0.2, 0.25) is 0 Å². The number of carbonyl (C=O) groups excluding carboxylic acids is 1. The Labute approximate surface area is 88.9 Å². The normalized spacial score (nSPS) is 23.6. The number of hydrogen-bond donors (Lipinski definition) is 0. The zero-order valence-electron chi connectivity index (χ0n) is 9.11. The first-order chi connectivity index (χ1) is 7.15. The van der Waals surface area contributed by atoms with Gasteiger partial charge in [-0.2, -0.15) is 5.26 Å². The summed E-state index contributed by atoms with van der Waals surface area (Å²) in [7, 11) is 4.67. The smallest absolute Gasteiger partial charge is 0.350 e. The molecule has 1 aliphatic rings. The molecule has 1 unspecified atom stereocenters. The molecule has 15 heavy (non-hydrogen) atoms. The number of likely N-dealkylation sites (tertiary alicyclic amines) is 1. The van der Waals surface area contributed by atoms with E-state index in [1.807, 2.05) is 6.07 Å². The molecule has 0 radical (unpaired) electrons. The molecule has 82 valence electrons. The highest BCUT2D eigenvalue weighted by molar-refractivity contribution is 5.93.